The fraction of sp³-hybridized carbons (Fsp3) is 0.480. The third kappa shape index (κ3) is 4.02. The molecular formula is C25H26FN5O5. The Labute approximate surface area is 206 Å². The number of benzene rings is 1. The molecule has 11 heteroatoms. The highest BCUT2D eigenvalue weighted by molar-refractivity contribution is 6.05. The molecule has 2 aliphatic carbocycles. The monoisotopic (exact) mass is 495 g/mol. The van der Waals surface area contributed by atoms with Crippen LogP contribution in [0.5, 0.6) is 0 Å². The first kappa shape index (κ1) is 22.7. The number of alkyl carbamates (subject to hydrolysis) is 1. The Morgan fingerprint density at radius 3 is 2.72 bits per heavy atom. The molecule has 0 bridgehead atoms. The zero-order valence-electron chi connectivity index (χ0n) is 19.5. The van der Waals surface area contributed by atoms with Crippen LogP contribution < -0.4 is 10.6 Å². The second kappa shape index (κ2) is 8.72. The van der Waals surface area contributed by atoms with E-state index in [1.165, 1.54) is 29.5 Å². The van der Waals surface area contributed by atoms with E-state index in [0.29, 0.717) is 11.5 Å². The Bertz CT molecular complexity index is 1270. The molecule has 36 heavy (non-hydrogen) atoms. The lowest BCUT2D eigenvalue weighted by molar-refractivity contribution is -0.136. The minimum absolute atomic E-state index is 0.0349. The first-order chi connectivity index (χ1) is 17.4. The number of carbonyl (C=O) groups is 4. The molecule has 3 heterocycles. The van der Waals surface area contributed by atoms with E-state index in [0.717, 1.165) is 12.8 Å². The number of imide groups is 1. The zero-order valence-corrected chi connectivity index (χ0v) is 19.5. The lowest BCUT2D eigenvalue weighted by Gasteiger charge is -2.36. The van der Waals surface area contributed by atoms with Crippen LogP contribution in [0, 0.1) is 5.82 Å². The van der Waals surface area contributed by atoms with Crippen molar-refractivity contribution in [3.05, 3.63) is 52.6 Å². The van der Waals surface area contributed by atoms with Crippen LogP contribution in [0.3, 0.4) is 0 Å². The van der Waals surface area contributed by atoms with Crippen LogP contribution in [0.25, 0.3) is 0 Å². The number of aromatic nitrogens is 2. The second-order valence-electron chi connectivity index (χ2n) is 9.99. The molecule has 2 N–H and O–H groups in total. The van der Waals surface area contributed by atoms with Crippen LogP contribution in [0.4, 0.5) is 9.18 Å². The van der Waals surface area contributed by atoms with Crippen molar-refractivity contribution in [3.8, 4) is 0 Å². The van der Waals surface area contributed by atoms with Gasteiger partial charge >= 0.3 is 6.09 Å². The predicted molar refractivity (Wildman–Crippen MR) is 122 cm³/mol. The van der Waals surface area contributed by atoms with E-state index in [-0.39, 0.29) is 55.1 Å². The summed E-state index contributed by atoms with van der Waals surface area (Å²) in [4.78, 5) is 50.1. The van der Waals surface area contributed by atoms with E-state index >= 15 is 4.39 Å². The van der Waals surface area contributed by atoms with E-state index in [4.69, 9.17) is 4.74 Å². The number of hydrogen-bond acceptors (Lipinski definition) is 6. The lowest BCUT2D eigenvalue weighted by Crippen LogP contribution is -2.52. The van der Waals surface area contributed by atoms with Gasteiger partial charge in [0.25, 0.3) is 5.91 Å². The molecule has 6 rings (SSSR count). The fourth-order valence-corrected chi connectivity index (χ4v) is 5.35. The van der Waals surface area contributed by atoms with Crippen molar-refractivity contribution in [2.45, 2.75) is 75.7 Å². The molecular weight excluding hydrogens is 469 g/mol. The predicted octanol–water partition coefficient (Wildman–Crippen LogP) is 2.29. The fourth-order valence-electron chi connectivity index (χ4n) is 5.35. The summed E-state index contributed by atoms with van der Waals surface area (Å²) >= 11 is 0. The Kier molecular flexibility index (Phi) is 5.50. The van der Waals surface area contributed by atoms with Crippen molar-refractivity contribution < 1.29 is 28.3 Å². The number of rotatable bonds is 6. The number of hydrogen-bond donors (Lipinski definition) is 2. The van der Waals surface area contributed by atoms with Crippen LogP contribution in [0.1, 0.15) is 77.7 Å². The summed E-state index contributed by atoms with van der Waals surface area (Å²) in [7, 11) is 0. The van der Waals surface area contributed by atoms with Gasteiger partial charge in [0.1, 0.15) is 18.5 Å². The van der Waals surface area contributed by atoms with Gasteiger partial charge in [-0.15, -0.1) is 0 Å². The largest absolute Gasteiger partial charge is 0.445 e. The number of ether oxygens (including phenoxy) is 1. The summed E-state index contributed by atoms with van der Waals surface area (Å²) < 4.78 is 22.5. The van der Waals surface area contributed by atoms with Gasteiger partial charge in [-0.05, 0) is 43.7 Å². The van der Waals surface area contributed by atoms with Gasteiger partial charge < -0.3 is 15.0 Å². The number of fused-ring (bicyclic) bond motifs is 1. The standard InChI is InChI=1S/C25H26FN5O5/c26-22-15(4-3-14-11-30(24(34)21(14)22)19-5-6-20(32)29-23(19)33)12-36-25(35)28-16-9-17(10-16)31-18(7-8-27-31)13-1-2-13/h3-4,7-8,13,16-17,19H,1-2,5-6,9-12H2,(H,28,35)(H,29,32,33). The van der Waals surface area contributed by atoms with Crippen LogP contribution in [-0.4, -0.2) is 50.6 Å². The van der Waals surface area contributed by atoms with Gasteiger partial charge in [-0.2, -0.15) is 5.10 Å². The quantitative estimate of drug-likeness (QED) is 0.593. The van der Waals surface area contributed by atoms with Gasteiger partial charge in [-0.25, -0.2) is 9.18 Å². The summed E-state index contributed by atoms with van der Waals surface area (Å²) in [5.41, 5.74) is 1.69. The Balaban J connectivity index is 1.03. The maximum Gasteiger partial charge on any atom is 0.407 e. The van der Waals surface area contributed by atoms with Crippen LogP contribution in [0.15, 0.2) is 24.4 Å². The first-order valence-corrected chi connectivity index (χ1v) is 12.3. The molecule has 2 aromatic rings. The van der Waals surface area contributed by atoms with Gasteiger partial charge in [0.2, 0.25) is 11.8 Å². The summed E-state index contributed by atoms with van der Waals surface area (Å²) in [5.74, 6) is -1.69. The third-order valence-corrected chi connectivity index (χ3v) is 7.55. The molecule has 10 nitrogen and oxygen atoms in total. The van der Waals surface area contributed by atoms with Gasteiger partial charge in [0, 0.05) is 42.4 Å². The number of nitrogens with one attached hydrogen (secondary N) is 2. The number of carbonyl (C=O) groups excluding carboxylic acids is 4. The smallest absolute Gasteiger partial charge is 0.407 e. The van der Waals surface area contributed by atoms with Crippen molar-refractivity contribution in [3.63, 3.8) is 0 Å². The molecule has 1 unspecified atom stereocenters. The summed E-state index contributed by atoms with van der Waals surface area (Å²) in [6.07, 6.45) is 5.42. The molecule has 2 aliphatic heterocycles. The molecule has 4 aliphatic rings. The number of halogens is 1. The van der Waals surface area contributed by atoms with Gasteiger partial charge in [0.05, 0.1) is 11.6 Å². The Morgan fingerprint density at radius 2 is 1.97 bits per heavy atom. The molecule has 0 radical (unpaired) electrons. The average molecular weight is 496 g/mol. The summed E-state index contributed by atoms with van der Waals surface area (Å²) in [6.45, 7) is -0.238. The topological polar surface area (TPSA) is 123 Å². The van der Waals surface area contributed by atoms with Crippen molar-refractivity contribution in [1.82, 2.24) is 25.3 Å². The maximum absolute atomic E-state index is 15.2. The average Bonchev–Trinajstić information content (AvgIpc) is 3.46. The normalized spacial score (nSPS) is 25.3. The van der Waals surface area contributed by atoms with E-state index in [9.17, 15) is 19.2 Å². The second-order valence-corrected chi connectivity index (χ2v) is 9.99. The Hall–Kier alpha value is -3.76. The van der Waals surface area contributed by atoms with Crippen LogP contribution in [0.2, 0.25) is 0 Å². The maximum atomic E-state index is 15.2. The van der Waals surface area contributed by atoms with E-state index in [1.54, 1.807) is 6.07 Å². The van der Waals surface area contributed by atoms with Crippen molar-refractivity contribution in [2.24, 2.45) is 0 Å². The number of amides is 4. The summed E-state index contributed by atoms with van der Waals surface area (Å²) in [6, 6.07) is 4.56. The van der Waals surface area contributed by atoms with Crippen molar-refractivity contribution in [2.75, 3.05) is 0 Å². The summed E-state index contributed by atoms with van der Waals surface area (Å²) in [5, 5.41) is 9.47. The highest BCUT2D eigenvalue weighted by Crippen LogP contribution is 2.43. The van der Waals surface area contributed by atoms with E-state index in [2.05, 4.69) is 26.5 Å². The highest BCUT2D eigenvalue weighted by Gasteiger charge is 2.41. The molecule has 188 valence electrons. The SMILES string of the molecule is O=C1CCC(N2Cc3ccc(COC(=O)NC4CC(n5nccc5C5CC5)C4)c(F)c3C2=O)C(=O)N1. The molecule has 1 aromatic heterocycles. The van der Waals surface area contributed by atoms with Gasteiger partial charge in [-0.1, -0.05) is 12.1 Å². The molecule has 3 fully saturated rings. The minimum Gasteiger partial charge on any atom is -0.445 e. The van der Waals surface area contributed by atoms with E-state index in [1.807, 2.05) is 6.20 Å². The highest BCUT2D eigenvalue weighted by atomic mass is 19.1. The molecule has 2 saturated carbocycles. The van der Waals surface area contributed by atoms with Gasteiger partial charge in [0.15, 0.2) is 0 Å². The first-order valence-electron chi connectivity index (χ1n) is 12.3. The minimum atomic E-state index is -0.819. The van der Waals surface area contributed by atoms with Crippen molar-refractivity contribution in [1.29, 1.82) is 0 Å². The van der Waals surface area contributed by atoms with Gasteiger partial charge in [-0.3, -0.25) is 24.4 Å². The number of piperidine rings is 1. The van der Waals surface area contributed by atoms with Crippen molar-refractivity contribution >= 4 is 23.8 Å². The molecule has 1 aromatic carbocycles. The third-order valence-electron chi connectivity index (χ3n) is 7.55. The molecule has 0 spiro atoms. The Morgan fingerprint density at radius 1 is 1.17 bits per heavy atom. The lowest BCUT2D eigenvalue weighted by atomic mass is 9.86. The van der Waals surface area contributed by atoms with Crippen LogP contribution >= 0.6 is 0 Å². The molecule has 1 atom stereocenters. The van der Waals surface area contributed by atoms with E-state index < -0.39 is 29.8 Å². The van der Waals surface area contributed by atoms with Crippen LogP contribution in [-0.2, 0) is 27.5 Å². The number of nitrogens with zero attached hydrogens (tertiary/aromatic N) is 3. The zero-order chi connectivity index (χ0) is 25.0. The molecule has 4 amide bonds. The molecule has 1 saturated heterocycles.